The van der Waals surface area contributed by atoms with Gasteiger partial charge in [0.1, 0.15) is 8.80 Å². The van der Waals surface area contributed by atoms with Crippen LogP contribution in [0.5, 0.6) is 0 Å². The molecule has 0 spiro atoms. The van der Waals surface area contributed by atoms with Crippen molar-refractivity contribution in [2.45, 2.75) is 88.6 Å². The molecule has 0 saturated heterocycles. The lowest BCUT2D eigenvalue weighted by Gasteiger charge is -2.40. The fourth-order valence-electron chi connectivity index (χ4n) is 5.94. The number of rotatable bonds is 7. The van der Waals surface area contributed by atoms with E-state index in [1.807, 2.05) is 0 Å². The SMILES string of the molecule is CN(C)Cc1ccccc1[Si](C)c1ccccc1P(C1CCCCC1)C1CCCCC1. The van der Waals surface area contributed by atoms with E-state index in [-0.39, 0.29) is 7.92 Å². The van der Waals surface area contributed by atoms with E-state index in [0.29, 0.717) is 0 Å². The van der Waals surface area contributed by atoms with Gasteiger partial charge in [0.15, 0.2) is 0 Å². The third kappa shape index (κ3) is 5.70. The summed E-state index contributed by atoms with van der Waals surface area (Å²) in [7, 11) is 3.56. The van der Waals surface area contributed by atoms with Crippen molar-refractivity contribution in [2.24, 2.45) is 0 Å². The molecule has 2 aliphatic carbocycles. The van der Waals surface area contributed by atoms with Crippen LogP contribution in [0.1, 0.15) is 69.8 Å². The quantitative estimate of drug-likeness (QED) is 0.383. The van der Waals surface area contributed by atoms with Crippen molar-refractivity contribution in [3.63, 3.8) is 0 Å². The summed E-state index contributed by atoms with van der Waals surface area (Å²) in [4.78, 5) is 2.32. The van der Waals surface area contributed by atoms with E-state index < -0.39 is 8.80 Å². The van der Waals surface area contributed by atoms with Crippen LogP contribution in [0.3, 0.4) is 0 Å². The Morgan fingerprint density at radius 3 is 1.84 bits per heavy atom. The highest BCUT2D eigenvalue weighted by atomic mass is 31.1. The molecule has 0 heterocycles. The van der Waals surface area contributed by atoms with Gasteiger partial charge in [-0.15, -0.1) is 0 Å². The van der Waals surface area contributed by atoms with E-state index in [9.17, 15) is 0 Å². The maximum atomic E-state index is 2.56. The predicted molar refractivity (Wildman–Crippen MR) is 141 cm³/mol. The van der Waals surface area contributed by atoms with Gasteiger partial charge in [0.05, 0.1) is 0 Å². The van der Waals surface area contributed by atoms with Crippen LogP contribution in [0.15, 0.2) is 48.5 Å². The van der Waals surface area contributed by atoms with Crippen molar-refractivity contribution in [3.8, 4) is 0 Å². The highest BCUT2D eigenvalue weighted by molar-refractivity contribution is 7.67. The van der Waals surface area contributed by atoms with E-state index in [2.05, 4.69) is 74.1 Å². The van der Waals surface area contributed by atoms with E-state index in [0.717, 1.165) is 17.9 Å². The van der Waals surface area contributed by atoms with Gasteiger partial charge in [-0.05, 0) is 67.2 Å². The van der Waals surface area contributed by atoms with Crippen LogP contribution in [-0.4, -0.2) is 39.1 Å². The van der Waals surface area contributed by atoms with E-state index in [4.69, 9.17) is 0 Å². The molecular formula is C28H41NPSi. The summed E-state index contributed by atoms with van der Waals surface area (Å²) >= 11 is 0. The first-order chi connectivity index (χ1) is 15.1. The molecule has 2 aliphatic rings. The largest absolute Gasteiger partial charge is 0.305 e. The predicted octanol–water partition coefficient (Wildman–Crippen LogP) is 5.76. The van der Waals surface area contributed by atoms with Crippen molar-refractivity contribution in [1.82, 2.24) is 4.90 Å². The second kappa shape index (κ2) is 11.3. The highest BCUT2D eigenvalue weighted by Crippen LogP contribution is 2.54. The van der Waals surface area contributed by atoms with Gasteiger partial charge in [-0.1, -0.05) is 107 Å². The lowest BCUT2D eigenvalue weighted by atomic mass is 9.99. The molecule has 0 atom stereocenters. The lowest BCUT2D eigenvalue weighted by Crippen LogP contribution is -2.49. The standard InChI is InChI=1S/C28H41NPSi/c1-29(2)22-23-14-10-12-20-27(23)31(3)28-21-13-11-19-26(28)30(24-15-6-4-7-16-24)25-17-8-5-9-18-25/h10-14,19-21,24-25H,4-9,15-18,22H2,1-3H3. The molecule has 0 N–H and O–H groups in total. The summed E-state index contributed by atoms with van der Waals surface area (Å²) < 4.78 is 0. The summed E-state index contributed by atoms with van der Waals surface area (Å²) in [6, 6.07) is 19.0. The van der Waals surface area contributed by atoms with Crippen LogP contribution in [-0.2, 0) is 6.54 Å². The lowest BCUT2D eigenvalue weighted by molar-refractivity contribution is 0.403. The fourth-order valence-corrected chi connectivity index (χ4v) is 12.8. The zero-order valence-electron chi connectivity index (χ0n) is 19.9. The summed E-state index contributed by atoms with van der Waals surface area (Å²) in [6.45, 7) is 3.60. The maximum Gasteiger partial charge on any atom is 0.119 e. The number of benzene rings is 2. The Bertz CT molecular complexity index is 805. The van der Waals surface area contributed by atoms with E-state index >= 15 is 0 Å². The number of hydrogen-bond donors (Lipinski definition) is 0. The van der Waals surface area contributed by atoms with Crippen molar-refractivity contribution in [2.75, 3.05) is 14.1 Å². The third-order valence-corrected chi connectivity index (χ3v) is 13.7. The van der Waals surface area contributed by atoms with Gasteiger partial charge in [0.2, 0.25) is 0 Å². The molecule has 0 amide bonds. The summed E-state index contributed by atoms with van der Waals surface area (Å²) in [5.41, 5.74) is 3.47. The minimum atomic E-state index is -0.780. The van der Waals surface area contributed by atoms with Gasteiger partial charge >= 0.3 is 0 Å². The molecule has 2 aromatic rings. The second-order valence-corrected chi connectivity index (χ2v) is 15.1. The molecule has 0 aliphatic heterocycles. The Kier molecular flexibility index (Phi) is 8.43. The third-order valence-electron chi connectivity index (χ3n) is 7.43. The zero-order valence-corrected chi connectivity index (χ0v) is 21.8. The molecule has 0 bridgehead atoms. The van der Waals surface area contributed by atoms with Gasteiger partial charge in [-0.2, -0.15) is 0 Å². The van der Waals surface area contributed by atoms with Gasteiger partial charge in [-0.25, -0.2) is 0 Å². The smallest absolute Gasteiger partial charge is 0.119 e. The molecule has 31 heavy (non-hydrogen) atoms. The first kappa shape index (κ1) is 23.2. The summed E-state index contributed by atoms with van der Waals surface area (Å²) in [6.07, 6.45) is 14.7. The van der Waals surface area contributed by atoms with Crippen molar-refractivity contribution in [3.05, 3.63) is 54.1 Å². The van der Waals surface area contributed by atoms with Crippen LogP contribution in [0.2, 0.25) is 6.55 Å². The average Bonchev–Trinajstić information content (AvgIpc) is 2.81. The second-order valence-electron chi connectivity index (χ2n) is 10.0. The minimum absolute atomic E-state index is 0.0470. The Balaban J connectivity index is 1.72. The Morgan fingerprint density at radius 2 is 1.26 bits per heavy atom. The van der Waals surface area contributed by atoms with Crippen LogP contribution in [0, 0.1) is 0 Å². The normalized spacial score (nSPS) is 18.9. The van der Waals surface area contributed by atoms with Crippen molar-refractivity contribution in [1.29, 1.82) is 0 Å². The Labute approximate surface area is 194 Å². The molecule has 167 valence electrons. The zero-order chi connectivity index (χ0) is 21.6. The first-order valence-electron chi connectivity index (χ1n) is 12.6. The molecule has 0 aromatic heterocycles. The monoisotopic (exact) mass is 450 g/mol. The molecule has 4 rings (SSSR count). The molecule has 2 aromatic carbocycles. The molecule has 1 nitrogen and oxygen atoms in total. The number of hydrogen-bond acceptors (Lipinski definition) is 1. The van der Waals surface area contributed by atoms with E-state index in [1.165, 1.54) is 69.8 Å². The maximum absolute atomic E-state index is 2.56. The topological polar surface area (TPSA) is 3.24 Å². The summed E-state index contributed by atoms with van der Waals surface area (Å²) in [5.74, 6) is 0. The van der Waals surface area contributed by atoms with Crippen LogP contribution >= 0.6 is 7.92 Å². The Morgan fingerprint density at radius 1 is 0.742 bits per heavy atom. The van der Waals surface area contributed by atoms with Gasteiger partial charge in [0.25, 0.3) is 0 Å². The van der Waals surface area contributed by atoms with Crippen molar-refractivity contribution >= 4 is 32.4 Å². The highest BCUT2D eigenvalue weighted by Gasteiger charge is 2.34. The molecule has 2 saturated carbocycles. The van der Waals surface area contributed by atoms with Gasteiger partial charge in [-0.3, -0.25) is 0 Å². The number of nitrogens with zero attached hydrogens (tertiary/aromatic N) is 1. The molecular weight excluding hydrogens is 409 g/mol. The van der Waals surface area contributed by atoms with Crippen LogP contribution < -0.4 is 15.7 Å². The van der Waals surface area contributed by atoms with E-state index in [1.54, 1.807) is 15.7 Å². The van der Waals surface area contributed by atoms with Crippen LogP contribution in [0.4, 0.5) is 0 Å². The molecule has 0 unspecified atom stereocenters. The fraction of sp³-hybridized carbons (Fsp3) is 0.571. The van der Waals surface area contributed by atoms with Gasteiger partial charge in [0, 0.05) is 6.54 Å². The Hall–Kier alpha value is -0.953. The minimum Gasteiger partial charge on any atom is -0.305 e. The molecule has 1 radical (unpaired) electrons. The molecule has 2 fully saturated rings. The van der Waals surface area contributed by atoms with Crippen molar-refractivity contribution < 1.29 is 0 Å². The van der Waals surface area contributed by atoms with Crippen LogP contribution in [0.25, 0.3) is 0 Å². The van der Waals surface area contributed by atoms with Gasteiger partial charge < -0.3 is 4.90 Å². The summed E-state index contributed by atoms with van der Waals surface area (Å²) in [5, 5.41) is 5.14. The first-order valence-corrected chi connectivity index (χ1v) is 16.1. The molecule has 3 heteroatoms. The average molecular weight is 451 g/mol.